The summed E-state index contributed by atoms with van der Waals surface area (Å²) in [4.78, 5) is 26.8. The molecule has 2 aliphatic heterocycles. The highest BCUT2D eigenvalue weighted by Gasteiger charge is 2.48. The van der Waals surface area contributed by atoms with Gasteiger partial charge in [-0.05, 0) is 62.0 Å². The molecule has 2 aliphatic rings. The molecule has 5 nitrogen and oxygen atoms in total. The van der Waals surface area contributed by atoms with Crippen LogP contribution in [0.3, 0.4) is 0 Å². The fraction of sp³-hybridized carbons (Fsp3) is 0.391. The number of nitrogens with zero attached hydrogens (tertiary/aromatic N) is 1. The van der Waals surface area contributed by atoms with Gasteiger partial charge in [0.1, 0.15) is 0 Å². The number of piperidine rings is 1. The fourth-order valence-corrected chi connectivity index (χ4v) is 4.63. The lowest BCUT2D eigenvalue weighted by molar-refractivity contribution is -0.142. The van der Waals surface area contributed by atoms with Crippen LogP contribution in [0.4, 0.5) is 5.69 Å². The quantitative estimate of drug-likeness (QED) is 0.838. The molecule has 4 rings (SSSR count). The second kappa shape index (κ2) is 7.40. The number of carbonyl (C=O) groups excluding carboxylic acids is 1. The van der Waals surface area contributed by atoms with Crippen molar-refractivity contribution in [3.05, 3.63) is 65.2 Å². The molecule has 146 valence electrons. The van der Waals surface area contributed by atoms with Crippen molar-refractivity contribution in [2.45, 2.75) is 31.6 Å². The SMILES string of the molecule is Cc1ccccc1CC(CN1CCC2(CC1)C(=O)Nc1ccccc12)C(=O)O. The zero-order chi connectivity index (χ0) is 19.7. The van der Waals surface area contributed by atoms with Crippen LogP contribution < -0.4 is 5.32 Å². The predicted molar refractivity (Wildman–Crippen MR) is 108 cm³/mol. The maximum Gasteiger partial charge on any atom is 0.308 e. The average molecular weight is 378 g/mol. The first-order valence-electron chi connectivity index (χ1n) is 9.90. The standard InChI is InChI=1S/C23H26N2O3/c1-16-6-2-3-7-17(16)14-18(21(26)27)15-25-12-10-23(11-13-25)19-8-4-5-9-20(19)24-22(23)28/h2-9,18H,10-15H2,1H3,(H,24,28)(H,26,27). The van der Waals surface area contributed by atoms with Crippen molar-refractivity contribution in [2.24, 2.45) is 5.92 Å². The molecule has 1 atom stereocenters. The van der Waals surface area contributed by atoms with Crippen molar-refractivity contribution in [1.29, 1.82) is 0 Å². The van der Waals surface area contributed by atoms with Gasteiger partial charge >= 0.3 is 5.97 Å². The predicted octanol–water partition coefficient (Wildman–Crippen LogP) is 3.22. The van der Waals surface area contributed by atoms with E-state index in [9.17, 15) is 14.7 Å². The van der Waals surface area contributed by atoms with Gasteiger partial charge in [-0.3, -0.25) is 9.59 Å². The Hall–Kier alpha value is -2.66. The smallest absolute Gasteiger partial charge is 0.308 e. The summed E-state index contributed by atoms with van der Waals surface area (Å²) in [7, 11) is 0. The van der Waals surface area contributed by atoms with Gasteiger partial charge in [0.15, 0.2) is 0 Å². The first-order valence-corrected chi connectivity index (χ1v) is 9.90. The van der Waals surface area contributed by atoms with Gasteiger partial charge in [0, 0.05) is 12.2 Å². The third-order valence-corrected chi connectivity index (χ3v) is 6.39. The summed E-state index contributed by atoms with van der Waals surface area (Å²) in [5.74, 6) is -1.12. The number of hydrogen-bond donors (Lipinski definition) is 2. The number of fused-ring (bicyclic) bond motifs is 2. The maximum absolute atomic E-state index is 12.7. The Kier molecular flexibility index (Phi) is 4.94. The molecular formula is C23H26N2O3. The Morgan fingerprint density at radius 1 is 1.14 bits per heavy atom. The van der Waals surface area contributed by atoms with Crippen molar-refractivity contribution in [1.82, 2.24) is 4.90 Å². The highest BCUT2D eigenvalue weighted by Crippen LogP contribution is 2.44. The van der Waals surface area contributed by atoms with E-state index < -0.39 is 17.3 Å². The molecule has 1 fully saturated rings. The van der Waals surface area contributed by atoms with Gasteiger partial charge in [0.2, 0.25) is 5.91 Å². The fourth-order valence-electron chi connectivity index (χ4n) is 4.63. The molecule has 0 aliphatic carbocycles. The first kappa shape index (κ1) is 18.7. The molecule has 1 amide bonds. The molecule has 2 heterocycles. The van der Waals surface area contributed by atoms with Crippen LogP contribution in [0.25, 0.3) is 0 Å². The Morgan fingerprint density at radius 2 is 1.82 bits per heavy atom. The lowest BCUT2D eigenvalue weighted by Crippen LogP contribution is -2.48. The number of hydrogen-bond acceptors (Lipinski definition) is 3. The molecule has 2 aromatic rings. The summed E-state index contributed by atoms with van der Waals surface area (Å²) in [5.41, 5.74) is 3.78. The van der Waals surface area contributed by atoms with Crippen molar-refractivity contribution < 1.29 is 14.7 Å². The van der Waals surface area contributed by atoms with Crippen LogP contribution in [0.1, 0.15) is 29.5 Å². The number of carboxylic acid groups (broad SMARTS) is 1. The van der Waals surface area contributed by atoms with E-state index in [1.807, 2.05) is 55.5 Å². The number of nitrogens with one attached hydrogen (secondary N) is 1. The normalized spacial score (nSPS) is 19.2. The number of carbonyl (C=O) groups is 2. The minimum Gasteiger partial charge on any atom is -0.481 e. The number of aryl methyl sites for hydroxylation is 1. The zero-order valence-corrected chi connectivity index (χ0v) is 16.1. The van der Waals surface area contributed by atoms with Crippen LogP contribution in [0.5, 0.6) is 0 Å². The van der Waals surface area contributed by atoms with Crippen LogP contribution in [0.15, 0.2) is 48.5 Å². The minimum absolute atomic E-state index is 0.0862. The Morgan fingerprint density at radius 3 is 2.54 bits per heavy atom. The summed E-state index contributed by atoms with van der Waals surface area (Å²) in [6.45, 7) is 4.01. The first-order chi connectivity index (χ1) is 13.5. The maximum atomic E-state index is 12.7. The third kappa shape index (κ3) is 3.31. The van der Waals surface area contributed by atoms with Gasteiger partial charge in [-0.2, -0.15) is 0 Å². The largest absolute Gasteiger partial charge is 0.481 e. The molecule has 1 saturated heterocycles. The Balaban J connectivity index is 1.44. The molecule has 0 bridgehead atoms. The summed E-state index contributed by atoms with van der Waals surface area (Å²) in [5, 5.41) is 12.8. The summed E-state index contributed by atoms with van der Waals surface area (Å²) < 4.78 is 0. The molecular weight excluding hydrogens is 352 g/mol. The second-order valence-electron chi connectivity index (χ2n) is 8.05. The van der Waals surface area contributed by atoms with E-state index in [1.165, 1.54) is 0 Å². The zero-order valence-electron chi connectivity index (χ0n) is 16.1. The number of aliphatic carboxylic acids is 1. The van der Waals surface area contributed by atoms with Crippen molar-refractivity contribution in [3.8, 4) is 0 Å². The molecule has 28 heavy (non-hydrogen) atoms. The minimum atomic E-state index is -0.757. The van der Waals surface area contributed by atoms with Gasteiger partial charge in [-0.1, -0.05) is 42.5 Å². The average Bonchev–Trinajstić information content (AvgIpc) is 2.96. The number of carboxylic acids is 1. The van der Waals surface area contributed by atoms with E-state index in [2.05, 4.69) is 10.2 Å². The lowest BCUT2D eigenvalue weighted by Gasteiger charge is -2.38. The van der Waals surface area contributed by atoms with Gasteiger partial charge in [0.05, 0.1) is 11.3 Å². The third-order valence-electron chi connectivity index (χ3n) is 6.39. The lowest BCUT2D eigenvalue weighted by atomic mass is 9.73. The number of benzene rings is 2. The van der Waals surface area contributed by atoms with Crippen molar-refractivity contribution >= 4 is 17.6 Å². The van der Waals surface area contributed by atoms with Crippen LogP contribution in [0, 0.1) is 12.8 Å². The number of likely N-dealkylation sites (tertiary alicyclic amines) is 1. The molecule has 5 heteroatoms. The van der Waals surface area contributed by atoms with Crippen LogP contribution in [-0.4, -0.2) is 41.5 Å². The number of para-hydroxylation sites is 1. The van der Waals surface area contributed by atoms with E-state index in [0.29, 0.717) is 13.0 Å². The second-order valence-corrected chi connectivity index (χ2v) is 8.05. The summed E-state index contributed by atoms with van der Waals surface area (Å²) >= 11 is 0. The van der Waals surface area contributed by atoms with Crippen LogP contribution in [-0.2, 0) is 21.4 Å². The molecule has 0 radical (unpaired) electrons. The van der Waals surface area contributed by atoms with Crippen molar-refractivity contribution in [3.63, 3.8) is 0 Å². The van der Waals surface area contributed by atoms with Gasteiger partial charge in [0.25, 0.3) is 0 Å². The van der Waals surface area contributed by atoms with E-state index in [4.69, 9.17) is 0 Å². The molecule has 2 aromatic carbocycles. The van der Waals surface area contributed by atoms with E-state index in [0.717, 1.165) is 48.3 Å². The van der Waals surface area contributed by atoms with E-state index in [-0.39, 0.29) is 5.91 Å². The summed E-state index contributed by atoms with van der Waals surface area (Å²) in [6, 6.07) is 15.9. The molecule has 0 aromatic heterocycles. The molecule has 2 N–H and O–H groups in total. The monoisotopic (exact) mass is 378 g/mol. The molecule has 1 unspecified atom stereocenters. The van der Waals surface area contributed by atoms with Gasteiger partial charge in [-0.15, -0.1) is 0 Å². The Bertz CT molecular complexity index is 900. The topological polar surface area (TPSA) is 69.6 Å². The van der Waals surface area contributed by atoms with Gasteiger partial charge in [-0.25, -0.2) is 0 Å². The van der Waals surface area contributed by atoms with Crippen molar-refractivity contribution in [2.75, 3.05) is 25.0 Å². The molecule has 0 saturated carbocycles. The Labute approximate surface area is 165 Å². The van der Waals surface area contributed by atoms with Crippen LogP contribution in [0.2, 0.25) is 0 Å². The number of anilines is 1. The van der Waals surface area contributed by atoms with Gasteiger partial charge < -0.3 is 15.3 Å². The highest BCUT2D eigenvalue weighted by molar-refractivity contribution is 6.06. The molecule has 1 spiro atoms. The number of amides is 1. The number of rotatable bonds is 5. The van der Waals surface area contributed by atoms with Crippen LogP contribution >= 0.6 is 0 Å². The summed E-state index contributed by atoms with van der Waals surface area (Å²) in [6.07, 6.45) is 1.99. The van der Waals surface area contributed by atoms with E-state index in [1.54, 1.807) is 0 Å². The van der Waals surface area contributed by atoms with E-state index >= 15 is 0 Å². The highest BCUT2D eigenvalue weighted by atomic mass is 16.4.